The lowest BCUT2D eigenvalue weighted by Gasteiger charge is -2.31. The Kier molecular flexibility index (Phi) is 5.73. The zero-order valence-electron chi connectivity index (χ0n) is 13.1. The van der Waals surface area contributed by atoms with Crippen LogP contribution in [0.5, 0.6) is 11.5 Å². The Labute approximate surface area is 132 Å². The molecule has 0 unspecified atom stereocenters. The summed E-state index contributed by atoms with van der Waals surface area (Å²) < 4.78 is 11.2. The van der Waals surface area contributed by atoms with Crippen molar-refractivity contribution in [3.05, 3.63) is 22.7 Å². The van der Waals surface area contributed by atoms with Crippen LogP contribution in [-0.4, -0.2) is 37.2 Å². The van der Waals surface area contributed by atoms with Crippen LogP contribution in [-0.2, 0) is 6.54 Å². The number of ether oxygens (including phenoxy) is 2. The number of rotatable bonds is 5. The standard InChI is InChI=1S/C16H25ClN2O2/c1-11(2)21-16-8-14(17)12(7-15(16)20-3)9-19-6-4-5-13(18)10-19/h7-8,11,13H,4-6,9-10,18H2,1-3H3/t13-/m0/s1. The number of hydrogen-bond donors (Lipinski definition) is 1. The third kappa shape index (κ3) is 4.50. The van der Waals surface area contributed by atoms with Crippen molar-refractivity contribution in [3.63, 3.8) is 0 Å². The average molecular weight is 313 g/mol. The number of nitrogens with zero attached hydrogens (tertiary/aromatic N) is 1. The highest BCUT2D eigenvalue weighted by Gasteiger charge is 2.19. The van der Waals surface area contributed by atoms with Crippen molar-refractivity contribution in [1.82, 2.24) is 4.90 Å². The lowest BCUT2D eigenvalue weighted by atomic mass is 10.1. The van der Waals surface area contributed by atoms with Gasteiger partial charge in [0.2, 0.25) is 0 Å². The monoisotopic (exact) mass is 312 g/mol. The van der Waals surface area contributed by atoms with E-state index < -0.39 is 0 Å². The maximum Gasteiger partial charge on any atom is 0.163 e. The van der Waals surface area contributed by atoms with E-state index in [1.54, 1.807) is 7.11 Å². The largest absolute Gasteiger partial charge is 0.493 e. The zero-order valence-corrected chi connectivity index (χ0v) is 13.8. The van der Waals surface area contributed by atoms with Crippen LogP contribution in [0, 0.1) is 0 Å². The summed E-state index contributed by atoms with van der Waals surface area (Å²) >= 11 is 6.40. The number of halogens is 1. The minimum absolute atomic E-state index is 0.0842. The van der Waals surface area contributed by atoms with E-state index >= 15 is 0 Å². The SMILES string of the molecule is COc1cc(CN2CCC[C@H](N)C2)c(Cl)cc1OC(C)C. The second-order valence-corrected chi connectivity index (χ2v) is 6.31. The first-order valence-corrected chi connectivity index (χ1v) is 7.88. The van der Waals surface area contributed by atoms with Gasteiger partial charge in [-0.15, -0.1) is 0 Å². The maximum atomic E-state index is 6.40. The third-order valence-electron chi connectivity index (χ3n) is 3.63. The lowest BCUT2D eigenvalue weighted by Crippen LogP contribution is -2.42. The molecule has 1 aromatic carbocycles. The van der Waals surface area contributed by atoms with E-state index in [1.807, 2.05) is 26.0 Å². The van der Waals surface area contributed by atoms with E-state index in [2.05, 4.69) is 4.90 Å². The maximum absolute atomic E-state index is 6.40. The van der Waals surface area contributed by atoms with E-state index in [1.165, 1.54) is 0 Å². The molecule has 0 saturated carbocycles. The fourth-order valence-electron chi connectivity index (χ4n) is 2.68. The highest BCUT2D eigenvalue weighted by atomic mass is 35.5. The van der Waals surface area contributed by atoms with Gasteiger partial charge in [-0.2, -0.15) is 0 Å². The van der Waals surface area contributed by atoms with E-state index in [-0.39, 0.29) is 12.1 Å². The Morgan fingerprint density at radius 2 is 2.14 bits per heavy atom. The molecule has 0 amide bonds. The molecule has 1 aliphatic heterocycles. The molecular weight excluding hydrogens is 288 g/mol. The predicted octanol–water partition coefficient (Wildman–Crippen LogP) is 3.06. The normalized spacial score (nSPS) is 19.8. The molecule has 2 rings (SSSR count). The molecule has 1 saturated heterocycles. The minimum Gasteiger partial charge on any atom is -0.493 e. The molecule has 1 atom stereocenters. The second-order valence-electron chi connectivity index (χ2n) is 5.90. The van der Waals surface area contributed by atoms with Crippen LogP contribution in [0.2, 0.25) is 5.02 Å². The Morgan fingerprint density at radius 3 is 2.76 bits per heavy atom. The summed E-state index contributed by atoms with van der Waals surface area (Å²) in [5.74, 6) is 1.42. The topological polar surface area (TPSA) is 47.7 Å². The molecule has 1 aliphatic rings. The van der Waals surface area contributed by atoms with Crippen LogP contribution < -0.4 is 15.2 Å². The van der Waals surface area contributed by atoms with Gasteiger partial charge in [0.1, 0.15) is 0 Å². The number of likely N-dealkylation sites (tertiary alicyclic amines) is 1. The molecule has 1 fully saturated rings. The average Bonchev–Trinajstić information content (AvgIpc) is 2.41. The van der Waals surface area contributed by atoms with Gasteiger partial charge in [0.25, 0.3) is 0 Å². The van der Waals surface area contributed by atoms with Gasteiger partial charge in [-0.3, -0.25) is 4.90 Å². The molecule has 5 heteroatoms. The first-order chi connectivity index (χ1) is 9.99. The van der Waals surface area contributed by atoms with Crippen LogP contribution >= 0.6 is 11.6 Å². The van der Waals surface area contributed by atoms with Crippen molar-refractivity contribution in [3.8, 4) is 11.5 Å². The van der Waals surface area contributed by atoms with E-state index in [9.17, 15) is 0 Å². The van der Waals surface area contributed by atoms with Crippen molar-refractivity contribution in [2.45, 2.75) is 45.4 Å². The van der Waals surface area contributed by atoms with E-state index in [0.717, 1.165) is 43.8 Å². The Bertz CT molecular complexity index is 480. The van der Waals surface area contributed by atoms with Gasteiger partial charge in [-0.1, -0.05) is 11.6 Å². The molecule has 0 aromatic heterocycles. The van der Waals surface area contributed by atoms with Crippen molar-refractivity contribution in [1.29, 1.82) is 0 Å². The van der Waals surface area contributed by atoms with Gasteiger partial charge >= 0.3 is 0 Å². The van der Waals surface area contributed by atoms with Crippen LogP contribution in [0.1, 0.15) is 32.3 Å². The fraction of sp³-hybridized carbons (Fsp3) is 0.625. The van der Waals surface area contributed by atoms with Gasteiger partial charge in [0.05, 0.1) is 13.2 Å². The first kappa shape index (κ1) is 16.4. The summed E-state index contributed by atoms with van der Waals surface area (Å²) in [5, 5.41) is 0.714. The number of nitrogens with two attached hydrogens (primary N) is 1. The molecule has 4 nitrogen and oxygen atoms in total. The summed E-state index contributed by atoms with van der Waals surface area (Å²) in [6.45, 7) is 6.75. The van der Waals surface area contributed by atoms with Crippen LogP contribution in [0.15, 0.2) is 12.1 Å². The van der Waals surface area contributed by atoms with Crippen molar-refractivity contribution >= 4 is 11.6 Å². The van der Waals surface area contributed by atoms with Crippen LogP contribution in [0.25, 0.3) is 0 Å². The van der Waals surface area contributed by atoms with E-state index in [4.69, 9.17) is 26.8 Å². The van der Waals surface area contributed by atoms with Gasteiger partial charge < -0.3 is 15.2 Å². The highest BCUT2D eigenvalue weighted by molar-refractivity contribution is 6.31. The molecule has 118 valence electrons. The minimum atomic E-state index is 0.0842. The molecule has 1 heterocycles. The molecule has 1 aromatic rings. The quantitative estimate of drug-likeness (QED) is 0.908. The molecule has 0 aliphatic carbocycles. The number of methoxy groups -OCH3 is 1. The first-order valence-electron chi connectivity index (χ1n) is 7.50. The number of hydrogen-bond acceptors (Lipinski definition) is 4. The summed E-state index contributed by atoms with van der Waals surface area (Å²) in [5.41, 5.74) is 7.09. The molecule has 0 radical (unpaired) electrons. The van der Waals surface area contributed by atoms with Crippen molar-refractivity contribution in [2.24, 2.45) is 5.73 Å². The summed E-state index contributed by atoms with van der Waals surface area (Å²) in [6, 6.07) is 4.09. The molecule has 21 heavy (non-hydrogen) atoms. The summed E-state index contributed by atoms with van der Waals surface area (Å²) in [6.07, 6.45) is 2.33. The lowest BCUT2D eigenvalue weighted by molar-refractivity contribution is 0.200. The number of piperidine rings is 1. The van der Waals surface area contributed by atoms with Gasteiger partial charge in [0, 0.05) is 30.2 Å². The van der Waals surface area contributed by atoms with Crippen molar-refractivity contribution < 1.29 is 9.47 Å². The molecular formula is C16H25ClN2O2. The van der Waals surface area contributed by atoms with Gasteiger partial charge in [-0.05, 0) is 44.9 Å². The predicted molar refractivity (Wildman–Crippen MR) is 86.3 cm³/mol. The van der Waals surface area contributed by atoms with E-state index in [0.29, 0.717) is 10.8 Å². The Balaban J connectivity index is 2.15. The third-order valence-corrected chi connectivity index (χ3v) is 3.98. The van der Waals surface area contributed by atoms with Gasteiger partial charge in [-0.25, -0.2) is 0 Å². The van der Waals surface area contributed by atoms with Crippen molar-refractivity contribution in [2.75, 3.05) is 20.2 Å². The number of benzene rings is 1. The summed E-state index contributed by atoms with van der Waals surface area (Å²) in [7, 11) is 1.65. The molecule has 2 N–H and O–H groups in total. The zero-order chi connectivity index (χ0) is 15.4. The van der Waals surface area contributed by atoms with Gasteiger partial charge in [0.15, 0.2) is 11.5 Å². The second kappa shape index (κ2) is 7.34. The molecule has 0 spiro atoms. The fourth-order valence-corrected chi connectivity index (χ4v) is 2.89. The summed E-state index contributed by atoms with van der Waals surface area (Å²) in [4.78, 5) is 2.35. The van der Waals surface area contributed by atoms with Crippen LogP contribution in [0.3, 0.4) is 0 Å². The molecule has 0 bridgehead atoms. The Morgan fingerprint density at radius 1 is 1.38 bits per heavy atom. The van der Waals surface area contributed by atoms with Crippen LogP contribution in [0.4, 0.5) is 0 Å². The highest BCUT2D eigenvalue weighted by Crippen LogP contribution is 2.34. The Hall–Kier alpha value is -0.970. The smallest absolute Gasteiger partial charge is 0.163 e.